The van der Waals surface area contributed by atoms with Gasteiger partial charge in [0.15, 0.2) is 11.9 Å². The number of nitrogens with one attached hydrogen (secondary N) is 2. The molecule has 0 aromatic heterocycles. The monoisotopic (exact) mass is 395 g/mol. The number of Topliss-reactive ketones (excluding diaryl/α,β-unsaturated/α-hetero) is 1. The van der Waals surface area contributed by atoms with Crippen molar-refractivity contribution >= 4 is 40.6 Å². The minimum Gasteiger partial charge on any atom is -0.479 e. The maximum Gasteiger partial charge on any atom is 0.268 e. The predicted molar refractivity (Wildman–Crippen MR) is 108 cm³/mol. The number of amides is 3. The van der Waals surface area contributed by atoms with Crippen LogP contribution < -0.4 is 20.3 Å². The number of fused-ring (bicyclic) bond motifs is 1. The van der Waals surface area contributed by atoms with Crippen molar-refractivity contribution in [3.63, 3.8) is 0 Å². The highest BCUT2D eigenvalue weighted by atomic mass is 16.5. The number of rotatable bonds is 5. The first kappa shape index (κ1) is 20.1. The lowest BCUT2D eigenvalue weighted by atomic mass is 10.1. The van der Waals surface area contributed by atoms with Crippen LogP contribution in [0, 0.1) is 0 Å². The van der Waals surface area contributed by atoms with E-state index in [1.165, 1.54) is 18.7 Å². The van der Waals surface area contributed by atoms with Gasteiger partial charge in [0.25, 0.3) is 5.91 Å². The van der Waals surface area contributed by atoms with E-state index in [2.05, 4.69) is 10.6 Å². The lowest BCUT2D eigenvalue weighted by Crippen LogP contribution is -2.47. The quantitative estimate of drug-likeness (QED) is 0.757. The van der Waals surface area contributed by atoms with E-state index >= 15 is 0 Å². The molecule has 1 aliphatic rings. The SMILES string of the molecule is CC(=O)Nc1ccc(NC(=O)CN2C(=O)C(C)Oc3ccc(C(C)=O)cc32)cc1. The standard InChI is InChI=1S/C21H21N3O5/c1-12(25)15-4-9-19-18(10-15)24(21(28)13(2)29-19)11-20(27)23-17-7-5-16(6-8-17)22-14(3)26/h4-10,13H,11H2,1-3H3,(H,22,26)(H,23,27). The van der Waals surface area contributed by atoms with E-state index in [0.717, 1.165) is 0 Å². The first-order valence-electron chi connectivity index (χ1n) is 9.05. The molecule has 150 valence electrons. The molecule has 2 aromatic rings. The van der Waals surface area contributed by atoms with E-state index in [1.807, 2.05) is 0 Å². The third-order valence-corrected chi connectivity index (χ3v) is 4.36. The van der Waals surface area contributed by atoms with Crippen molar-refractivity contribution in [1.82, 2.24) is 0 Å². The number of ketones is 1. The Labute approximate surface area is 167 Å². The fourth-order valence-corrected chi connectivity index (χ4v) is 2.97. The molecule has 0 saturated heterocycles. The van der Waals surface area contributed by atoms with Crippen molar-refractivity contribution in [2.24, 2.45) is 0 Å². The summed E-state index contributed by atoms with van der Waals surface area (Å²) >= 11 is 0. The molecule has 29 heavy (non-hydrogen) atoms. The number of ether oxygens (including phenoxy) is 1. The molecule has 2 aromatic carbocycles. The summed E-state index contributed by atoms with van der Waals surface area (Å²) in [6.07, 6.45) is -0.740. The molecule has 8 heteroatoms. The van der Waals surface area contributed by atoms with Gasteiger partial charge >= 0.3 is 0 Å². The molecule has 1 heterocycles. The highest BCUT2D eigenvalue weighted by Gasteiger charge is 2.33. The van der Waals surface area contributed by atoms with Gasteiger partial charge in [0.1, 0.15) is 12.3 Å². The van der Waals surface area contributed by atoms with Gasteiger partial charge in [-0.1, -0.05) is 0 Å². The summed E-state index contributed by atoms with van der Waals surface area (Å²) in [6.45, 7) is 4.22. The molecule has 8 nitrogen and oxygen atoms in total. The number of nitrogens with zero attached hydrogens (tertiary/aromatic N) is 1. The molecule has 1 atom stereocenters. The van der Waals surface area contributed by atoms with Gasteiger partial charge in [0.2, 0.25) is 11.8 Å². The predicted octanol–water partition coefficient (Wildman–Crippen LogP) is 2.60. The maximum absolute atomic E-state index is 12.6. The largest absolute Gasteiger partial charge is 0.479 e. The fraction of sp³-hybridized carbons (Fsp3) is 0.238. The second-order valence-electron chi connectivity index (χ2n) is 6.73. The average Bonchev–Trinajstić information content (AvgIpc) is 2.66. The van der Waals surface area contributed by atoms with Crippen molar-refractivity contribution in [2.45, 2.75) is 26.9 Å². The number of benzene rings is 2. The first-order valence-corrected chi connectivity index (χ1v) is 9.05. The van der Waals surface area contributed by atoms with Crippen LogP contribution in [0.25, 0.3) is 0 Å². The molecule has 1 aliphatic heterocycles. The van der Waals surface area contributed by atoms with E-state index in [0.29, 0.717) is 28.4 Å². The van der Waals surface area contributed by atoms with E-state index in [-0.39, 0.29) is 24.1 Å². The van der Waals surface area contributed by atoms with Crippen molar-refractivity contribution < 1.29 is 23.9 Å². The van der Waals surface area contributed by atoms with E-state index in [9.17, 15) is 19.2 Å². The van der Waals surface area contributed by atoms with Gasteiger partial charge in [-0.05, 0) is 56.3 Å². The van der Waals surface area contributed by atoms with Gasteiger partial charge in [0, 0.05) is 23.9 Å². The van der Waals surface area contributed by atoms with Gasteiger partial charge in [-0.3, -0.25) is 24.1 Å². The van der Waals surface area contributed by atoms with Crippen molar-refractivity contribution in [3.8, 4) is 5.75 Å². The van der Waals surface area contributed by atoms with Gasteiger partial charge in [-0.2, -0.15) is 0 Å². The van der Waals surface area contributed by atoms with Gasteiger partial charge in [-0.25, -0.2) is 0 Å². The zero-order valence-corrected chi connectivity index (χ0v) is 16.3. The van der Waals surface area contributed by atoms with Crippen LogP contribution >= 0.6 is 0 Å². The molecule has 0 fully saturated rings. The Hall–Kier alpha value is -3.68. The van der Waals surface area contributed by atoms with Crippen molar-refractivity contribution in [3.05, 3.63) is 48.0 Å². The summed E-state index contributed by atoms with van der Waals surface area (Å²) in [5.74, 6) is -0.671. The topological polar surface area (TPSA) is 105 Å². The smallest absolute Gasteiger partial charge is 0.268 e. The maximum atomic E-state index is 12.6. The molecule has 0 saturated carbocycles. The summed E-state index contributed by atoms with van der Waals surface area (Å²) in [5, 5.41) is 5.36. The van der Waals surface area contributed by atoms with E-state index in [1.54, 1.807) is 49.4 Å². The summed E-state index contributed by atoms with van der Waals surface area (Å²) in [5.41, 5.74) is 1.94. The van der Waals surface area contributed by atoms with Crippen LogP contribution in [0.3, 0.4) is 0 Å². The van der Waals surface area contributed by atoms with E-state index < -0.39 is 12.0 Å². The van der Waals surface area contributed by atoms with Gasteiger partial charge < -0.3 is 15.4 Å². The normalized spacial score (nSPS) is 15.2. The first-order chi connectivity index (χ1) is 13.7. The Kier molecular flexibility index (Phi) is 5.63. The lowest BCUT2D eigenvalue weighted by molar-refractivity contribution is -0.127. The molecule has 2 N–H and O–H groups in total. The minimum absolute atomic E-state index is 0.150. The Balaban J connectivity index is 1.77. The van der Waals surface area contributed by atoms with Crippen LogP contribution in [0.15, 0.2) is 42.5 Å². The second kappa shape index (κ2) is 8.14. The number of hydrogen-bond donors (Lipinski definition) is 2. The van der Waals surface area contributed by atoms with Crippen LogP contribution in [0.1, 0.15) is 31.1 Å². The van der Waals surface area contributed by atoms with Crippen LogP contribution in [0.4, 0.5) is 17.1 Å². The highest BCUT2D eigenvalue weighted by Crippen LogP contribution is 2.35. The lowest BCUT2D eigenvalue weighted by Gasteiger charge is -2.32. The minimum atomic E-state index is -0.740. The Morgan fingerprint density at radius 1 is 1.00 bits per heavy atom. The van der Waals surface area contributed by atoms with E-state index in [4.69, 9.17) is 4.74 Å². The zero-order valence-electron chi connectivity index (χ0n) is 16.3. The Morgan fingerprint density at radius 3 is 2.21 bits per heavy atom. The van der Waals surface area contributed by atoms with Crippen LogP contribution in [0.5, 0.6) is 5.75 Å². The van der Waals surface area contributed by atoms with Crippen LogP contribution in [-0.2, 0) is 14.4 Å². The molecule has 0 radical (unpaired) electrons. The highest BCUT2D eigenvalue weighted by molar-refractivity contribution is 6.07. The molecular weight excluding hydrogens is 374 g/mol. The van der Waals surface area contributed by atoms with Crippen molar-refractivity contribution in [1.29, 1.82) is 0 Å². The number of carbonyl (C=O) groups excluding carboxylic acids is 4. The van der Waals surface area contributed by atoms with Crippen molar-refractivity contribution in [2.75, 3.05) is 22.1 Å². The zero-order chi connectivity index (χ0) is 21.1. The van der Waals surface area contributed by atoms with Crippen LogP contribution in [-0.4, -0.2) is 36.2 Å². The fourth-order valence-electron chi connectivity index (χ4n) is 2.97. The van der Waals surface area contributed by atoms with Gasteiger partial charge in [-0.15, -0.1) is 0 Å². The number of hydrogen-bond acceptors (Lipinski definition) is 5. The molecule has 0 aliphatic carbocycles. The summed E-state index contributed by atoms with van der Waals surface area (Å²) < 4.78 is 5.59. The second-order valence-corrected chi connectivity index (χ2v) is 6.73. The molecule has 0 bridgehead atoms. The Bertz CT molecular complexity index is 984. The Morgan fingerprint density at radius 2 is 1.62 bits per heavy atom. The molecule has 0 spiro atoms. The van der Waals surface area contributed by atoms with Crippen LogP contribution in [0.2, 0.25) is 0 Å². The third-order valence-electron chi connectivity index (χ3n) is 4.36. The molecular formula is C21H21N3O5. The number of anilines is 3. The molecule has 1 unspecified atom stereocenters. The molecule has 3 rings (SSSR count). The average molecular weight is 395 g/mol. The third kappa shape index (κ3) is 4.60. The summed E-state index contributed by atoms with van der Waals surface area (Å²) in [6, 6.07) is 11.4. The number of carbonyl (C=O) groups is 4. The van der Waals surface area contributed by atoms with Gasteiger partial charge in [0.05, 0.1) is 5.69 Å². The summed E-state index contributed by atoms with van der Waals surface area (Å²) in [4.78, 5) is 49.2. The summed E-state index contributed by atoms with van der Waals surface area (Å²) in [7, 11) is 0. The molecule has 3 amide bonds.